The molecule has 0 amide bonds. The molecule has 202 valence electrons. The summed E-state index contributed by atoms with van der Waals surface area (Å²) in [4.78, 5) is 10.4. The van der Waals surface area contributed by atoms with Gasteiger partial charge in [0.15, 0.2) is 5.82 Å². The van der Waals surface area contributed by atoms with Gasteiger partial charge in [0.1, 0.15) is 11.2 Å². The smallest absolute Gasteiger partial charge is 0.161 e. The number of aromatic nitrogens is 2. The molecular weight excluding hydrogens is 524 g/mol. The molecule has 0 radical (unpaired) electrons. The van der Waals surface area contributed by atoms with Crippen molar-refractivity contribution in [2.45, 2.75) is 0 Å². The molecular formula is C40H26N2O. The fourth-order valence-electron chi connectivity index (χ4n) is 5.79. The third kappa shape index (κ3) is 4.67. The minimum atomic E-state index is 0.665. The number of furan rings is 1. The van der Waals surface area contributed by atoms with E-state index in [0.29, 0.717) is 5.82 Å². The van der Waals surface area contributed by atoms with Gasteiger partial charge < -0.3 is 4.42 Å². The highest BCUT2D eigenvalue weighted by molar-refractivity contribution is 6.13. The van der Waals surface area contributed by atoms with Gasteiger partial charge in [-0.3, -0.25) is 0 Å². The summed E-state index contributed by atoms with van der Waals surface area (Å²) in [5.41, 5.74) is 10.9. The molecule has 0 spiro atoms. The van der Waals surface area contributed by atoms with E-state index in [4.69, 9.17) is 14.4 Å². The number of hydrogen-bond donors (Lipinski definition) is 0. The third-order valence-corrected chi connectivity index (χ3v) is 7.89. The van der Waals surface area contributed by atoms with Gasteiger partial charge in [0.25, 0.3) is 0 Å². The molecule has 0 saturated carbocycles. The van der Waals surface area contributed by atoms with Crippen molar-refractivity contribution in [2.24, 2.45) is 0 Å². The van der Waals surface area contributed by atoms with E-state index in [1.165, 1.54) is 5.56 Å². The Bertz CT molecular complexity index is 2160. The zero-order valence-corrected chi connectivity index (χ0v) is 23.3. The van der Waals surface area contributed by atoms with Gasteiger partial charge in [-0.2, -0.15) is 0 Å². The number of benzene rings is 6. The van der Waals surface area contributed by atoms with Gasteiger partial charge in [-0.1, -0.05) is 127 Å². The zero-order valence-electron chi connectivity index (χ0n) is 23.3. The van der Waals surface area contributed by atoms with Gasteiger partial charge in [0.2, 0.25) is 0 Å². The van der Waals surface area contributed by atoms with Crippen molar-refractivity contribution in [1.29, 1.82) is 0 Å². The molecule has 2 heterocycles. The topological polar surface area (TPSA) is 38.9 Å². The molecule has 2 aromatic heterocycles. The number of fused-ring (bicyclic) bond motifs is 3. The van der Waals surface area contributed by atoms with Crippen molar-refractivity contribution >= 4 is 21.9 Å². The predicted molar refractivity (Wildman–Crippen MR) is 176 cm³/mol. The molecule has 0 saturated heterocycles. The molecule has 0 aliphatic heterocycles. The van der Waals surface area contributed by atoms with Crippen LogP contribution in [-0.4, -0.2) is 9.97 Å². The van der Waals surface area contributed by atoms with E-state index in [2.05, 4.69) is 103 Å². The Morgan fingerprint density at radius 3 is 1.56 bits per heavy atom. The third-order valence-electron chi connectivity index (χ3n) is 7.89. The van der Waals surface area contributed by atoms with Crippen LogP contribution in [0.3, 0.4) is 0 Å². The summed E-state index contributed by atoms with van der Waals surface area (Å²) in [5.74, 6) is 0.665. The van der Waals surface area contributed by atoms with Crippen LogP contribution in [0.4, 0.5) is 0 Å². The summed E-state index contributed by atoms with van der Waals surface area (Å²) < 4.78 is 6.47. The Hall–Kier alpha value is -5.80. The fourth-order valence-corrected chi connectivity index (χ4v) is 5.79. The van der Waals surface area contributed by atoms with Crippen molar-refractivity contribution < 1.29 is 4.42 Å². The lowest BCUT2D eigenvalue weighted by Crippen LogP contribution is -1.97. The molecule has 8 aromatic rings. The fraction of sp³-hybridized carbons (Fsp3) is 0. The Morgan fingerprint density at radius 1 is 0.372 bits per heavy atom. The van der Waals surface area contributed by atoms with E-state index >= 15 is 0 Å². The monoisotopic (exact) mass is 550 g/mol. The maximum absolute atomic E-state index is 6.47. The number of nitrogens with zero attached hydrogens (tertiary/aromatic N) is 2. The Labute approximate surface area is 249 Å². The minimum absolute atomic E-state index is 0.665. The van der Waals surface area contributed by atoms with Gasteiger partial charge in [0.05, 0.1) is 11.4 Å². The maximum Gasteiger partial charge on any atom is 0.161 e. The Balaban J connectivity index is 1.40. The Morgan fingerprint density at radius 2 is 0.907 bits per heavy atom. The average Bonchev–Trinajstić information content (AvgIpc) is 3.47. The van der Waals surface area contributed by atoms with Crippen molar-refractivity contribution in [3.63, 3.8) is 0 Å². The van der Waals surface area contributed by atoms with Crippen LogP contribution in [0.15, 0.2) is 162 Å². The maximum atomic E-state index is 6.47. The molecule has 0 atom stereocenters. The second-order valence-electron chi connectivity index (χ2n) is 10.6. The number of para-hydroxylation sites is 1. The first-order valence-electron chi connectivity index (χ1n) is 14.4. The van der Waals surface area contributed by atoms with E-state index in [0.717, 1.165) is 66.7 Å². The molecule has 3 nitrogen and oxygen atoms in total. The number of rotatable bonds is 5. The van der Waals surface area contributed by atoms with Crippen LogP contribution in [0.2, 0.25) is 0 Å². The normalized spacial score (nSPS) is 11.3. The van der Waals surface area contributed by atoms with Gasteiger partial charge >= 0.3 is 0 Å². The lowest BCUT2D eigenvalue weighted by atomic mass is 9.95. The van der Waals surface area contributed by atoms with E-state index in [1.54, 1.807) is 0 Å². The highest BCUT2D eigenvalue weighted by Gasteiger charge is 2.19. The second kappa shape index (κ2) is 10.6. The summed E-state index contributed by atoms with van der Waals surface area (Å²) in [6.45, 7) is 0. The van der Waals surface area contributed by atoms with Gasteiger partial charge in [-0.15, -0.1) is 0 Å². The van der Waals surface area contributed by atoms with E-state index in [-0.39, 0.29) is 0 Å². The van der Waals surface area contributed by atoms with Crippen LogP contribution in [-0.2, 0) is 0 Å². The van der Waals surface area contributed by atoms with Crippen LogP contribution >= 0.6 is 0 Å². The number of hydrogen-bond acceptors (Lipinski definition) is 3. The average molecular weight is 551 g/mol. The highest BCUT2D eigenvalue weighted by Crippen LogP contribution is 2.40. The summed E-state index contributed by atoms with van der Waals surface area (Å²) in [7, 11) is 0. The minimum Gasteiger partial charge on any atom is -0.456 e. The Kier molecular flexibility index (Phi) is 6.12. The summed E-state index contributed by atoms with van der Waals surface area (Å²) in [5, 5.41) is 2.06. The van der Waals surface area contributed by atoms with E-state index in [1.807, 2.05) is 54.6 Å². The summed E-state index contributed by atoms with van der Waals surface area (Å²) in [6.07, 6.45) is 0. The second-order valence-corrected chi connectivity index (χ2v) is 10.6. The van der Waals surface area contributed by atoms with E-state index in [9.17, 15) is 0 Å². The zero-order chi connectivity index (χ0) is 28.6. The van der Waals surface area contributed by atoms with Gasteiger partial charge in [0, 0.05) is 27.5 Å². The first-order chi connectivity index (χ1) is 21.3. The lowest BCUT2D eigenvalue weighted by molar-refractivity contribution is 0.669. The van der Waals surface area contributed by atoms with Crippen LogP contribution < -0.4 is 0 Å². The van der Waals surface area contributed by atoms with Crippen molar-refractivity contribution in [3.05, 3.63) is 158 Å². The molecule has 0 unspecified atom stereocenters. The van der Waals surface area contributed by atoms with Crippen molar-refractivity contribution in [3.8, 4) is 56.2 Å². The summed E-state index contributed by atoms with van der Waals surface area (Å²) >= 11 is 0. The molecule has 0 fully saturated rings. The molecule has 0 bridgehead atoms. The summed E-state index contributed by atoms with van der Waals surface area (Å²) in [6, 6.07) is 54.3. The molecule has 0 aliphatic carbocycles. The molecule has 0 aliphatic rings. The van der Waals surface area contributed by atoms with Crippen molar-refractivity contribution in [2.75, 3.05) is 0 Å². The van der Waals surface area contributed by atoms with Crippen LogP contribution in [0.25, 0.3) is 78.1 Å². The van der Waals surface area contributed by atoms with Gasteiger partial charge in [-0.25, -0.2) is 9.97 Å². The van der Waals surface area contributed by atoms with Crippen LogP contribution in [0.1, 0.15) is 0 Å². The van der Waals surface area contributed by atoms with Crippen LogP contribution in [0.5, 0.6) is 0 Å². The van der Waals surface area contributed by atoms with Crippen molar-refractivity contribution in [1.82, 2.24) is 9.97 Å². The largest absolute Gasteiger partial charge is 0.456 e. The first-order valence-corrected chi connectivity index (χ1v) is 14.4. The molecule has 6 aromatic carbocycles. The molecule has 8 rings (SSSR count). The van der Waals surface area contributed by atoms with Crippen LogP contribution in [0, 0.1) is 0 Å². The highest BCUT2D eigenvalue weighted by atomic mass is 16.3. The first kappa shape index (κ1) is 25.0. The lowest BCUT2D eigenvalue weighted by Gasteiger charge is -2.12. The quantitative estimate of drug-likeness (QED) is 0.214. The molecule has 43 heavy (non-hydrogen) atoms. The predicted octanol–water partition coefficient (Wildman–Crippen LogP) is 10.7. The molecule has 3 heteroatoms. The standard InChI is InChI=1S/C40H26N2O/c1-4-13-27(14-5-1)30-19-12-20-31(23-30)32-24-34(39-33-21-10-11-22-37(33)43-38(39)25-32)40-41-35(28-15-6-2-7-16-28)26-36(42-40)29-17-8-3-9-18-29/h1-26H. The SMILES string of the molecule is c1ccc(-c2cccc(-c3cc(-c4nc(-c5ccccc5)cc(-c5ccccc5)n4)c4c(c3)oc3ccccc34)c2)cc1. The molecule has 0 N–H and O–H groups in total. The van der Waals surface area contributed by atoms with Gasteiger partial charge in [-0.05, 0) is 52.6 Å². The van der Waals surface area contributed by atoms with E-state index < -0.39 is 0 Å².